The van der Waals surface area contributed by atoms with Crippen molar-refractivity contribution >= 4 is 97.1 Å². The maximum absolute atomic E-state index is 12.5. The third-order valence-electron chi connectivity index (χ3n) is 11.6. The first kappa shape index (κ1) is 50.8. The second kappa shape index (κ2) is 18.8. The van der Waals surface area contributed by atoms with E-state index in [1.807, 2.05) is 37.2 Å². The average molecular weight is 1010 g/mol. The van der Waals surface area contributed by atoms with E-state index >= 15 is 0 Å². The molecule has 0 bridgehead atoms. The van der Waals surface area contributed by atoms with E-state index in [9.17, 15) is 67.0 Å². The zero-order valence-electron chi connectivity index (χ0n) is 35.7. The quantitative estimate of drug-likeness (QED) is 0.0136. The summed E-state index contributed by atoms with van der Waals surface area (Å²) in [6.07, 6.45) is 10.1. The lowest BCUT2D eigenvalue weighted by Crippen LogP contribution is -2.28. The first-order valence-corrected chi connectivity index (χ1v) is 26.7. The molecule has 0 amide bonds. The number of fused-ring (bicyclic) bond motifs is 6. The van der Waals surface area contributed by atoms with Crippen molar-refractivity contribution in [1.29, 1.82) is 0 Å². The summed E-state index contributed by atoms with van der Waals surface area (Å²) in [5.74, 6) is -1.50. The molecule has 4 aromatic rings. The molecular formula is C42H46N2O17S5. The van der Waals surface area contributed by atoms with Crippen molar-refractivity contribution in [3.05, 3.63) is 95.7 Å². The number of carbonyl (C=O) groups is 1. The van der Waals surface area contributed by atoms with Crippen LogP contribution < -0.4 is 10.2 Å². The van der Waals surface area contributed by atoms with Crippen molar-refractivity contribution in [2.75, 3.05) is 23.7 Å². The Balaban J connectivity index is 1.46. The number of unbranched alkanes of at least 4 members (excludes halogenated alkanes) is 2. The summed E-state index contributed by atoms with van der Waals surface area (Å²) in [5.41, 5.74) is 1.59. The van der Waals surface area contributed by atoms with Crippen molar-refractivity contribution in [1.82, 2.24) is 0 Å². The van der Waals surface area contributed by atoms with Crippen LogP contribution in [-0.2, 0) is 65.5 Å². The largest absolute Gasteiger partial charge is 0.691 e. The molecule has 0 aromatic heterocycles. The molecule has 66 heavy (non-hydrogen) atoms. The predicted octanol–water partition coefficient (Wildman–Crippen LogP) is 6.06. The molecule has 6 rings (SSSR count). The van der Waals surface area contributed by atoms with Gasteiger partial charge in [0.1, 0.15) is 11.4 Å². The fourth-order valence-electron chi connectivity index (χ4n) is 8.88. The van der Waals surface area contributed by atoms with Crippen LogP contribution in [-0.4, -0.2) is 92.1 Å². The van der Waals surface area contributed by atoms with Gasteiger partial charge in [-0.25, -0.2) is 0 Å². The lowest BCUT2D eigenvalue weighted by molar-refractivity contribution is -0.777. The van der Waals surface area contributed by atoms with Gasteiger partial charge in [0.15, 0.2) is 5.71 Å². The molecule has 0 unspecified atom stereocenters. The normalized spacial score (nSPS) is 17.0. The van der Waals surface area contributed by atoms with E-state index in [1.54, 1.807) is 48.6 Å². The molecular weight excluding hydrogens is 965 g/mol. The minimum absolute atomic E-state index is 0.0120. The fourth-order valence-corrected chi connectivity index (χ4v) is 11.9. The maximum atomic E-state index is 12.5. The van der Waals surface area contributed by atoms with Gasteiger partial charge in [-0.2, -0.15) is 42.6 Å². The van der Waals surface area contributed by atoms with Crippen LogP contribution in [0.4, 0.5) is 11.4 Å². The summed E-state index contributed by atoms with van der Waals surface area (Å²) in [7, 11) is -19.0. The number of anilines is 1. The molecule has 0 fully saturated rings. The Morgan fingerprint density at radius 2 is 1.38 bits per heavy atom. The fraction of sp³-hybridized carbons (Fsp3) is 0.333. The van der Waals surface area contributed by atoms with Gasteiger partial charge in [-0.05, 0) is 97.3 Å². The maximum Gasteiger partial charge on any atom is 0.303 e. The van der Waals surface area contributed by atoms with Gasteiger partial charge >= 0.3 is 5.97 Å². The number of carboxylic acid groups (broad SMARTS) is 1. The molecule has 4 aromatic carbocycles. The predicted molar refractivity (Wildman–Crippen MR) is 242 cm³/mol. The molecule has 0 saturated carbocycles. The second-order valence-electron chi connectivity index (χ2n) is 16.7. The Labute approximate surface area is 385 Å². The number of rotatable bonds is 19. The van der Waals surface area contributed by atoms with Crippen LogP contribution in [0, 0.1) is 0 Å². The number of hydrogen-bond acceptors (Lipinski definition) is 14. The van der Waals surface area contributed by atoms with E-state index in [-0.39, 0.29) is 35.1 Å². The highest BCUT2D eigenvalue weighted by molar-refractivity contribution is 7.94. The standard InChI is InChI=1S/C42H46N2O17S5/c1-41(2)37(44(20-11-21-63(48,49)50)32-17-15-28-30(39(32)41)22-26(64(51,52)53)24-34(28)62-61-60-47)13-8-5-7-12-36-42(3,4)40-31-23-27(65(54,55)56)25-35(66(57,58)59)29(31)16-18-33(40)43(36)19-10-6-9-14-38(45)46/h5,7-8,12-13,15-18,22-25H,6,9-11,14,19-21H2,1-4H3,(H5-,45,46,47,48,49,50,51,52,53,54,55,56,57,58,59). The van der Waals surface area contributed by atoms with E-state index in [4.69, 9.17) is 0 Å². The molecule has 0 spiro atoms. The van der Waals surface area contributed by atoms with Gasteiger partial charge in [-0.1, -0.05) is 38.1 Å². The molecule has 5 N–H and O–H groups in total. The highest BCUT2D eigenvalue weighted by Gasteiger charge is 2.46. The van der Waals surface area contributed by atoms with Gasteiger partial charge in [0, 0.05) is 64.2 Å². The first-order valence-electron chi connectivity index (χ1n) is 20.0. The zero-order chi connectivity index (χ0) is 48.8. The lowest BCUT2D eigenvalue weighted by Gasteiger charge is -2.27. The summed E-state index contributed by atoms with van der Waals surface area (Å²) >= 11 is 0.433. The number of hydrogen-bond donors (Lipinski definition) is 5. The third kappa shape index (κ3) is 10.6. The third-order valence-corrected chi connectivity index (χ3v) is 15.6. The zero-order valence-corrected chi connectivity index (χ0v) is 39.8. The smallest absolute Gasteiger partial charge is 0.303 e. The summed E-state index contributed by atoms with van der Waals surface area (Å²) in [6.45, 7) is 7.81. The summed E-state index contributed by atoms with van der Waals surface area (Å²) < 4.78 is 144. The van der Waals surface area contributed by atoms with Crippen LogP contribution in [0.1, 0.15) is 70.9 Å². The van der Waals surface area contributed by atoms with E-state index in [0.717, 1.165) is 12.1 Å². The molecule has 356 valence electrons. The molecule has 2 aliphatic rings. The van der Waals surface area contributed by atoms with Crippen molar-refractivity contribution in [3.63, 3.8) is 0 Å². The Bertz CT molecular complexity index is 3230. The van der Waals surface area contributed by atoms with Crippen LogP contribution in [0.2, 0.25) is 0 Å². The average Bonchev–Trinajstić information content (AvgIpc) is 3.55. The SMILES string of the molecule is CC1(C)C(/C=C/C=C/C=C2/N(CCCS(=O)(=O)O)c3ccc4c(SOO[O-])cc(S(=O)(=O)O)cc4c3C2(C)C)=[N+](CCCCCC(=O)O)c2ccc3c(S(=O)(=O)O)cc(S(=O)(=O)O)cc3c21. The molecule has 0 atom stereocenters. The van der Waals surface area contributed by atoms with Crippen LogP contribution in [0.25, 0.3) is 21.5 Å². The minimum atomic E-state index is -4.98. The van der Waals surface area contributed by atoms with Crippen LogP contribution in [0.3, 0.4) is 0 Å². The van der Waals surface area contributed by atoms with E-state index in [0.29, 0.717) is 88.6 Å². The molecule has 0 radical (unpaired) electrons. The van der Waals surface area contributed by atoms with Crippen molar-refractivity contribution < 1.29 is 81.0 Å². The molecule has 2 heterocycles. The number of allylic oxidation sites excluding steroid dienone is 6. The van der Waals surface area contributed by atoms with Gasteiger partial charge < -0.3 is 15.3 Å². The van der Waals surface area contributed by atoms with E-state index in [1.165, 1.54) is 12.1 Å². The number of benzene rings is 4. The number of carboxylic acids is 1. The van der Waals surface area contributed by atoms with Crippen LogP contribution in [0.5, 0.6) is 0 Å². The van der Waals surface area contributed by atoms with Crippen molar-refractivity contribution in [2.45, 2.75) is 90.2 Å². The molecule has 2 aliphatic heterocycles. The highest BCUT2D eigenvalue weighted by atomic mass is 32.2. The van der Waals surface area contributed by atoms with Gasteiger partial charge in [-0.3, -0.25) is 28.0 Å². The Hall–Kier alpha value is -4.57. The van der Waals surface area contributed by atoms with Crippen LogP contribution in [0.15, 0.2) is 104 Å². The summed E-state index contributed by atoms with van der Waals surface area (Å²) in [5, 5.41) is 24.4. The second-order valence-corrected chi connectivity index (χ2v) is 23.2. The molecule has 0 aliphatic carbocycles. The first-order chi connectivity index (χ1) is 30.6. The van der Waals surface area contributed by atoms with E-state index in [2.05, 4.69) is 9.37 Å². The Kier molecular flexibility index (Phi) is 14.5. The Morgan fingerprint density at radius 1 is 0.742 bits per heavy atom. The van der Waals surface area contributed by atoms with Crippen molar-refractivity contribution in [3.8, 4) is 0 Å². The minimum Gasteiger partial charge on any atom is -0.691 e. The monoisotopic (exact) mass is 1010 g/mol. The van der Waals surface area contributed by atoms with Gasteiger partial charge in [0.2, 0.25) is 5.69 Å². The summed E-state index contributed by atoms with van der Waals surface area (Å²) in [4.78, 5) is 11.2. The van der Waals surface area contributed by atoms with Gasteiger partial charge in [-0.15, -0.1) is 0 Å². The van der Waals surface area contributed by atoms with Crippen molar-refractivity contribution in [2.24, 2.45) is 0 Å². The summed E-state index contributed by atoms with van der Waals surface area (Å²) in [6, 6.07) is 10.7. The van der Waals surface area contributed by atoms with E-state index < -0.39 is 77.7 Å². The number of nitrogens with zero attached hydrogens (tertiary/aromatic N) is 2. The molecule has 0 saturated heterocycles. The number of aliphatic carboxylic acids is 1. The molecule has 24 heteroatoms. The topological polar surface area (TPSA) is 303 Å². The van der Waals surface area contributed by atoms with Gasteiger partial charge in [0.05, 0.1) is 33.0 Å². The molecule has 19 nitrogen and oxygen atoms in total. The highest BCUT2D eigenvalue weighted by Crippen LogP contribution is 2.52. The Morgan fingerprint density at radius 3 is 1.98 bits per heavy atom. The lowest BCUT2D eigenvalue weighted by atomic mass is 9.79. The van der Waals surface area contributed by atoms with Gasteiger partial charge in [0.25, 0.3) is 40.5 Å². The van der Waals surface area contributed by atoms with Crippen LogP contribution >= 0.6 is 12.0 Å².